The lowest BCUT2D eigenvalue weighted by Gasteiger charge is -2.05. The molecule has 0 amide bonds. The molecule has 0 aliphatic rings. The molecule has 0 saturated carbocycles. The second-order valence-corrected chi connectivity index (χ2v) is 6.61. The van der Waals surface area contributed by atoms with Gasteiger partial charge in [-0.2, -0.15) is 0 Å². The van der Waals surface area contributed by atoms with Gasteiger partial charge in [0.05, 0.1) is 0 Å². The van der Waals surface area contributed by atoms with E-state index in [-0.39, 0.29) is 0 Å². The third kappa shape index (κ3) is 4.27. The number of thioether (sulfide) groups is 2. The number of benzene rings is 2. The van der Waals surface area contributed by atoms with Crippen molar-refractivity contribution in [2.45, 2.75) is 22.6 Å². The molecule has 2 heteroatoms. The van der Waals surface area contributed by atoms with Crippen LogP contribution < -0.4 is 0 Å². The molecule has 0 aromatic heterocycles. The second-order valence-electron chi connectivity index (χ2n) is 4.28. The van der Waals surface area contributed by atoms with Gasteiger partial charge in [0.2, 0.25) is 0 Å². The maximum atomic E-state index is 5.28. The third-order valence-electron chi connectivity index (χ3n) is 2.81. The summed E-state index contributed by atoms with van der Waals surface area (Å²) in [7, 11) is 0. The van der Waals surface area contributed by atoms with E-state index in [2.05, 4.69) is 48.2 Å². The summed E-state index contributed by atoms with van der Waals surface area (Å²) < 4.78 is 0. The Hall–Kier alpha value is -1.48. The standard InChI is InChI=1S/C18H16S2/c1-3-5-11-19-17-9-7-15-8-10-18(14-16(15)13-17)20-12-6-4-2/h1-2,7-10,13-14H,5-6,11-12H2. The predicted octanol–water partition coefficient (Wildman–Crippen LogP) is 5.07. The van der Waals surface area contributed by atoms with E-state index in [4.69, 9.17) is 12.8 Å². The van der Waals surface area contributed by atoms with Crippen LogP contribution in [0, 0.1) is 24.7 Å². The van der Waals surface area contributed by atoms with Crippen molar-refractivity contribution in [3.8, 4) is 24.7 Å². The van der Waals surface area contributed by atoms with Gasteiger partial charge in [0.25, 0.3) is 0 Å². The van der Waals surface area contributed by atoms with Crippen LogP contribution in [0.2, 0.25) is 0 Å². The minimum atomic E-state index is 0.810. The number of fused-ring (bicyclic) bond motifs is 1. The van der Waals surface area contributed by atoms with Crippen LogP contribution in [-0.2, 0) is 0 Å². The van der Waals surface area contributed by atoms with Gasteiger partial charge in [-0.05, 0) is 35.0 Å². The van der Waals surface area contributed by atoms with E-state index in [0.29, 0.717) is 0 Å². The number of rotatable bonds is 6. The molecule has 2 rings (SSSR count). The first kappa shape index (κ1) is 14.9. The summed E-state index contributed by atoms with van der Waals surface area (Å²) in [6, 6.07) is 13.1. The van der Waals surface area contributed by atoms with Gasteiger partial charge in [0.1, 0.15) is 0 Å². The molecular formula is C18H16S2. The maximum absolute atomic E-state index is 5.28. The highest BCUT2D eigenvalue weighted by molar-refractivity contribution is 7.99. The monoisotopic (exact) mass is 296 g/mol. The zero-order valence-electron chi connectivity index (χ0n) is 11.3. The van der Waals surface area contributed by atoms with E-state index >= 15 is 0 Å². The van der Waals surface area contributed by atoms with Crippen LogP contribution in [0.1, 0.15) is 12.8 Å². The summed E-state index contributed by atoms with van der Waals surface area (Å²) in [5, 5.41) is 2.55. The van der Waals surface area contributed by atoms with Crippen molar-refractivity contribution < 1.29 is 0 Å². The fourth-order valence-electron chi connectivity index (χ4n) is 1.84. The Balaban J connectivity index is 2.13. The lowest BCUT2D eigenvalue weighted by molar-refractivity contribution is 1.29. The quantitative estimate of drug-likeness (QED) is 0.414. The molecule has 0 atom stereocenters. The van der Waals surface area contributed by atoms with Crippen molar-refractivity contribution >= 4 is 34.3 Å². The first-order chi connectivity index (χ1) is 9.83. The number of hydrogen-bond donors (Lipinski definition) is 0. The van der Waals surface area contributed by atoms with Crippen LogP contribution in [0.5, 0.6) is 0 Å². The Morgan fingerprint density at radius 3 is 1.70 bits per heavy atom. The molecule has 2 aromatic rings. The maximum Gasteiger partial charge on any atom is 0.0180 e. The molecule has 0 N–H and O–H groups in total. The second kappa shape index (κ2) is 7.95. The molecule has 0 spiro atoms. The summed E-state index contributed by atoms with van der Waals surface area (Å²) in [5.74, 6) is 7.29. The zero-order valence-corrected chi connectivity index (χ0v) is 12.9. The van der Waals surface area contributed by atoms with Crippen molar-refractivity contribution in [2.24, 2.45) is 0 Å². The van der Waals surface area contributed by atoms with Crippen LogP contribution in [0.15, 0.2) is 46.2 Å². The minimum Gasteiger partial charge on any atom is -0.125 e. The van der Waals surface area contributed by atoms with E-state index in [9.17, 15) is 0 Å². The van der Waals surface area contributed by atoms with Crippen molar-refractivity contribution in [3.05, 3.63) is 36.4 Å². The first-order valence-electron chi connectivity index (χ1n) is 6.50. The fourth-order valence-corrected chi connectivity index (χ4v) is 3.50. The summed E-state index contributed by atoms with van der Waals surface area (Å²) in [5.41, 5.74) is 0. The Labute approximate surface area is 129 Å². The molecule has 0 saturated heterocycles. The molecule has 0 aliphatic carbocycles. The van der Waals surface area contributed by atoms with Gasteiger partial charge < -0.3 is 0 Å². The van der Waals surface area contributed by atoms with Crippen molar-refractivity contribution in [1.29, 1.82) is 0 Å². The molecular weight excluding hydrogens is 280 g/mol. The van der Waals surface area contributed by atoms with E-state index in [0.717, 1.165) is 24.3 Å². The van der Waals surface area contributed by atoms with Crippen LogP contribution in [0.4, 0.5) is 0 Å². The van der Waals surface area contributed by atoms with Crippen molar-refractivity contribution in [3.63, 3.8) is 0 Å². The smallest absolute Gasteiger partial charge is 0.0180 e. The predicted molar refractivity (Wildman–Crippen MR) is 92.3 cm³/mol. The van der Waals surface area contributed by atoms with E-state index in [1.165, 1.54) is 20.6 Å². The molecule has 0 fully saturated rings. The number of hydrogen-bond acceptors (Lipinski definition) is 2. The Morgan fingerprint density at radius 1 is 0.750 bits per heavy atom. The Kier molecular flexibility index (Phi) is 5.93. The Morgan fingerprint density at radius 2 is 1.25 bits per heavy atom. The highest BCUT2D eigenvalue weighted by atomic mass is 32.2. The zero-order chi connectivity index (χ0) is 14.2. The van der Waals surface area contributed by atoms with Gasteiger partial charge in [-0.25, -0.2) is 0 Å². The van der Waals surface area contributed by atoms with Gasteiger partial charge in [0, 0.05) is 34.1 Å². The summed E-state index contributed by atoms with van der Waals surface area (Å²) in [6.07, 6.45) is 12.2. The summed E-state index contributed by atoms with van der Waals surface area (Å²) >= 11 is 3.62. The van der Waals surface area contributed by atoms with Gasteiger partial charge in [-0.3, -0.25) is 0 Å². The number of terminal acetylenes is 2. The van der Waals surface area contributed by atoms with Gasteiger partial charge in [-0.1, -0.05) is 12.1 Å². The van der Waals surface area contributed by atoms with Crippen molar-refractivity contribution in [2.75, 3.05) is 11.5 Å². The SMILES string of the molecule is C#CCCSc1ccc2ccc(SCCC#C)cc2c1. The van der Waals surface area contributed by atoms with E-state index in [1.807, 2.05) is 23.5 Å². The molecule has 0 bridgehead atoms. The van der Waals surface area contributed by atoms with Gasteiger partial charge in [0.15, 0.2) is 0 Å². The van der Waals surface area contributed by atoms with Crippen LogP contribution in [-0.4, -0.2) is 11.5 Å². The van der Waals surface area contributed by atoms with Crippen LogP contribution in [0.3, 0.4) is 0 Å². The molecule has 0 radical (unpaired) electrons. The van der Waals surface area contributed by atoms with Gasteiger partial charge in [-0.15, -0.1) is 48.2 Å². The molecule has 0 heterocycles. The average Bonchev–Trinajstić information content (AvgIpc) is 2.47. The highest BCUT2D eigenvalue weighted by Crippen LogP contribution is 2.28. The van der Waals surface area contributed by atoms with Crippen LogP contribution >= 0.6 is 23.5 Å². The summed E-state index contributed by atoms with van der Waals surface area (Å²) in [6.45, 7) is 0. The average molecular weight is 296 g/mol. The third-order valence-corrected chi connectivity index (χ3v) is 4.80. The lowest BCUT2D eigenvalue weighted by atomic mass is 10.1. The van der Waals surface area contributed by atoms with Crippen LogP contribution in [0.25, 0.3) is 10.8 Å². The van der Waals surface area contributed by atoms with Gasteiger partial charge >= 0.3 is 0 Å². The van der Waals surface area contributed by atoms with E-state index in [1.54, 1.807) is 0 Å². The fraction of sp³-hybridized carbons (Fsp3) is 0.222. The minimum absolute atomic E-state index is 0.810. The highest BCUT2D eigenvalue weighted by Gasteiger charge is 2.00. The molecule has 0 aliphatic heterocycles. The topological polar surface area (TPSA) is 0 Å². The van der Waals surface area contributed by atoms with E-state index < -0.39 is 0 Å². The molecule has 100 valence electrons. The lowest BCUT2D eigenvalue weighted by Crippen LogP contribution is -1.81. The van der Waals surface area contributed by atoms with Crippen molar-refractivity contribution in [1.82, 2.24) is 0 Å². The molecule has 0 nitrogen and oxygen atoms in total. The molecule has 0 unspecified atom stereocenters. The molecule has 20 heavy (non-hydrogen) atoms. The Bertz CT molecular complexity index is 604. The largest absolute Gasteiger partial charge is 0.125 e. The first-order valence-corrected chi connectivity index (χ1v) is 8.47. The normalized spacial score (nSPS) is 10.1. The molecule has 2 aromatic carbocycles. The summed E-state index contributed by atoms with van der Waals surface area (Å²) in [4.78, 5) is 2.55.